The van der Waals surface area contributed by atoms with Crippen molar-refractivity contribution < 1.29 is 23.4 Å². The van der Waals surface area contributed by atoms with E-state index in [9.17, 15) is 0 Å². The van der Waals surface area contributed by atoms with Crippen LogP contribution in [0.1, 0.15) is 26.2 Å². The van der Waals surface area contributed by atoms with Crippen LogP contribution in [-0.2, 0) is 23.4 Å². The zero-order valence-corrected chi connectivity index (χ0v) is 13.9. The molecule has 0 aromatic rings. The van der Waals surface area contributed by atoms with E-state index in [0.717, 1.165) is 32.5 Å². The second-order valence-electron chi connectivity index (χ2n) is 6.39. The SMILES string of the molecule is CCO[Si](C)(C)C1(C2(C3CCO3)CCO2)CC(OC)O1. The molecule has 5 nitrogen and oxygen atoms in total. The van der Waals surface area contributed by atoms with E-state index >= 15 is 0 Å². The maximum atomic E-state index is 6.27. The summed E-state index contributed by atoms with van der Waals surface area (Å²) in [6.07, 6.45) is 2.92. The van der Waals surface area contributed by atoms with Gasteiger partial charge >= 0.3 is 0 Å². The summed E-state index contributed by atoms with van der Waals surface area (Å²) in [4.78, 5) is 0. The van der Waals surface area contributed by atoms with E-state index in [0.29, 0.717) is 6.61 Å². The van der Waals surface area contributed by atoms with Gasteiger partial charge in [0, 0.05) is 33.2 Å². The van der Waals surface area contributed by atoms with Gasteiger partial charge in [-0.25, -0.2) is 0 Å². The van der Waals surface area contributed by atoms with Gasteiger partial charge in [0.15, 0.2) is 6.29 Å². The Bertz CT molecular complexity index is 359. The van der Waals surface area contributed by atoms with Crippen LogP contribution in [0, 0.1) is 0 Å². The van der Waals surface area contributed by atoms with Gasteiger partial charge < -0.3 is 23.4 Å². The lowest BCUT2D eigenvalue weighted by Gasteiger charge is -2.68. The zero-order chi connectivity index (χ0) is 14.4. The average molecular weight is 302 g/mol. The first kappa shape index (κ1) is 14.9. The van der Waals surface area contributed by atoms with Gasteiger partial charge in [-0.3, -0.25) is 0 Å². The molecule has 20 heavy (non-hydrogen) atoms. The van der Waals surface area contributed by atoms with Gasteiger partial charge in [0.25, 0.3) is 0 Å². The van der Waals surface area contributed by atoms with Gasteiger partial charge in [0.2, 0.25) is 8.32 Å². The molecule has 0 aromatic heterocycles. The van der Waals surface area contributed by atoms with Gasteiger partial charge in [0.05, 0.1) is 12.7 Å². The molecule has 0 aromatic carbocycles. The van der Waals surface area contributed by atoms with Gasteiger partial charge in [0.1, 0.15) is 10.8 Å². The van der Waals surface area contributed by atoms with E-state index in [1.807, 2.05) is 6.92 Å². The molecule has 3 rings (SSSR count). The van der Waals surface area contributed by atoms with E-state index in [-0.39, 0.29) is 23.2 Å². The van der Waals surface area contributed by atoms with Crippen molar-refractivity contribution in [2.75, 3.05) is 26.9 Å². The van der Waals surface area contributed by atoms with E-state index in [1.165, 1.54) is 0 Å². The molecule has 116 valence electrons. The predicted octanol–water partition coefficient (Wildman–Crippen LogP) is 1.85. The van der Waals surface area contributed by atoms with Crippen molar-refractivity contribution in [3.05, 3.63) is 0 Å². The minimum Gasteiger partial charge on any atom is -0.415 e. The highest BCUT2D eigenvalue weighted by molar-refractivity contribution is 6.74. The molecule has 3 saturated heterocycles. The Hall–Kier alpha value is 0.0169. The standard InChI is InChI=1S/C14H26O5Si/c1-5-18-20(3,4)14(10-12(15-2)19-14)13(7-9-17-13)11-6-8-16-11/h11-12H,5-10H2,1-4H3. The van der Waals surface area contributed by atoms with E-state index in [2.05, 4.69) is 13.1 Å². The molecule has 0 amide bonds. The van der Waals surface area contributed by atoms with E-state index in [4.69, 9.17) is 23.4 Å². The molecule has 3 fully saturated rings. The van der Waals surface area contributed by atoms with Crippen LogP contribution in [0.3, 0.4) is 0 Å². The third-order valence-electron chi connectivity index (χ3n) is 5.26. The minimum atomic E-state index is -2.09. The molecule has 0 aliphatic carbocycles. The molecular formula is C14H26O5Si. The minimum absolute atomic E-state index is 0.136. The fourth-order valence-corrected chi connectivity index (χ4v) is 7.39. The summed E-state index contributed by atoms with van der Waals surface area (Å²) in [5.41, 5.74) is -0.314. The Labute approximate surface area is 122 Å². The Kier molecular flexibility index (Phi) is 3.76. The van der Waals surface area contributed by atoms with Crippen molar-refractivity contribution >= 4 is 8.32 Å². The molecule has 0 N–H and O–H groups in total. The molecule has 3 aliphatic rings. The summed E-state index contributed by atoms with van der Waals surface area (Å²) < 4.78 is 29.7. The third kappa shape index (κ3) is 1.79. The second-order valence-corrected chi connectivity index (χ2v) is 10.5. The second kappa shape index (κ2) is 5.03. The lowest BCUT2D eigenvalue weighted by Crippen LogP contribution is -2.84. The summed E-state index contributed by atoms with van der Waals surface area (Å²) in [6, 6.07) is 0. The van der Waals surface area contributed by atoms with Crippen LogP contribution in [0.2, 0.25) is 13.1 Å². The van der Waals surface area contributed by atoms with Crippen LogP contribution >= 0.6 is 0 Å². The lowest BCUT2D eigenvalue weighted by atomic mass is 9.75. The molecule has 6 heteroatoms. The van der Waals surface area contributed by atoms with Crippen LogP contribution in [0.5, 0.6) is 0 Å². The Morgan fingerprint density at radius 3 is 2.30 bits per heavy atom. The average Bonchev–Trinajstić information content (AvgIpc) is 2.20. The lowest BCUT2D eigenvalue weighted by molar-refractivity contribution is -0.387. The summed E-state index contributed by atoms with van der Waals surface area (Å²) in [6.45, 7) is 8.83. The predicted molar refractivity (Wildman–Crippen MR) is 76.0 cm³/mol. The highest BCUT2D eigenvalue weighted by Gasteiger charge is 2.75. The third-order valence-corrected chi connectivity index (χ3v) is 8.96. The summed E-state index contributed by atoms with van der Waals surface area (Å²) >= 11 is 0. The van der Waals surface area contributed by atoms with Gasteiger partial charge in [-0.1, -0.05) is 0 Å². The Morgan fingerprint density at radius 2 is 1.95 bits per heavy atom. The number of hydrogen-bond donors (Lipinski definition) is 0. The quantitative estimate of drug-likeness (QED) is 0.701. The topological polar surface area (TPSA) is 46.2 Å². The van der Waals surface area contributed by atoms with Crippen molar-refractivity contribution in [2.45, 2.75) is 62.5 Å². The molecule has 3 aliphatic heterocycles. The number of methoxy groups -OCH3 is 1. The summed E-state index contributed by atoms with van der Waals surface area (Å²) in [5, 5.41) is -0.347. The Morgan fingerprint density at radius 1 is 1.30 bits per heavy atom. The first-order chi connectivity index (χ1) is 9.51. The van der Waals surface area contributed by atoms with Crippen molar-refractivity contribution in [1.29, 1.82) is 0 Å². The Balaban J connectivity index is 1.90. The van der Waals surface area contributed by atoms with Crippen LogP contribution in [0.25, 0.3) is 0 Å². The molecular weight excluding hydrogens is 276 g/mol. The number of rotatable bonds is 6. The molecule has 0 saturated carbocycles. The summed E-state index contributed by atoms with van der Waals surface area (Å²) in [7, 11) is -0.393. The van der Waals surface area contributed by atoms with Gasteiger partial charge in [-0.15, -0.1) is 0 Å². The maximum absolute atomic E-state index is 6.27. The zero-order valence-electron chi connectivity index (χ0n) is 12.9. The van der Waals surface area contributed by atoms with Crippen LogP contribution in [0.15, 0.2) is 0 Å². The van der Waals surface area contributed by atoms with Crippen LogP contribution in [0.4, 0.5) is 0 Å². The van der Waals surface area contributed by atoms with Crippen LogP contribution in [-0.4, -0.2) is 58.5 Å². The van der Waals surface area contributed by atoms with Crippen LogP contribution < -0.4 is 0 Å². The number of hydrogen-bond acceptors (Lipinski definition) is 5. The molecule has 0 radical (unpaired) electrons. The number of ether oxygens (including phenoxy) is 4. The van der Waals surface area contributed by atoms with E-state index in [1.54, 1.807) is 7.11 Å². The molecule has 0 bridgehead atoms. The highest BCUT2D eigenvalue weighted by Crippen LogP contribution is 2.57. The van der Waals surface area contributed by atoms with Crippen molar-refractivity contribution in [1.82, 2.24) is 0 Å². The largest absolute Gasteiger partial charge is 0.415 e. The fourth-order valence-electron chi connectivity index (χ4n) is 3.99. The molecule has 4 unspecified atom stereocenters. The fraction of sp³-hybridized carbons (Fsp3) is 1.00. The van der Waals surface area contributed by atoms with Crippen molar-refractivity contribution in [2.24, 2.45) is 0 Å². The van der Waals surface area contributed by atoms with Gasteiger partial charge in [-0.2, -0.15) is 0 Å². The monoisotopic (exact) mass is 302 g/mol. The van der Waals surface area contributed by atoms with Crippen molar-refractivity contribution in [3.8, 4) is 0 Å². The molecule has 3 heterocycles. The summed E-state index contributed by atoms with van der Waals surface area (Å²) in [5.74, 6) is 0. The first-order valence-corrected chi connectivity index (χ1v) is 10.5. The normalized spacial score (nSPS) is 44.4. The molecule has 4 atom stereocenters. The van der Waals surface area contributed by atoms with Crippen molar-refractivity contribution in [3.63, 3.8) is 0 Å². The maximum Gasteiger partial charge on any atom is 0.222 e. The smallest absolute Gasteiger partial charge is 0.222 e. The van der Waals surface area contributed by atoms with E-state index < -0.39 is 8.32 Å². The molecule has 0 spiro atoms. The highest BCUT2D eigenvalue weighted by atomic mass is 28.4. The van der Waals surface area contributed by atoms with Gasteiger partial charge in [-0.05, 0) is 26.4 Å². The first-order valence-electron chi connectivity index (χ1n) is 7.61.